The standard InChI is InChI=1S/C25H26FNO3S/c1-14-8-10-17(11-9-14)24(31)27-15(2)22(23(25(28)29)16-6-4-5-7-16)18-12-21(30-3)19(26)13-20(18)27/h8-13,16,23H,4-7H2,1-3H3,(H,28,29). The summed E-state index contributed by atoms with van der Waals surface area (Å²) in [7, 11) is 1.41. The van der Waals surface area contributed by atoms with Gasteiger partial charge in [0.1, 0.15) is 4.99 Å². The highest BCUT2D eigenvalue weighted by atomic mass is 32.1. The van der Waals surface area contributed by atoms with Crippen molar-refractivity contribution in [1.29, 1.82) is 0 Å². The van der Waals surface area contributed by atoms with Gasteiger partial charge in [0.15, 0.2) is 11.6 Å². The number of benzene rings is 2. The van der Waals surface area contributed by atoms with E-state index in [1.165, 1.54) is 13.2 Å². The van der Waals surface area contributed by atoms with Crippen molar-refractivity contribution in [2.45, 2.75) is 45.4 Å². The van der Waals surface area contributed by atoms with Crippen LogP contribution in [0.25, 0.3) is 10.9 Å². The maximum atomic E-state index is 14.7. The maximum Gasteiger partial charge on any atom is 0.311 e. The van der Waals surface area contributed by atoms with Crippen molar-refractivity contribution in [2.75, 3.05) is 7.11 Å². The van der Waals surface area contributed by atoms with Crippen LogP contribution in [-0.4, -0.2) is 27.7 Å². The van der Waals surface area contributed by atoms with E-state index in [9.17, 15) is 14.3 Å². The Morgan fingerprint density at radius 1 is 1.19 bits per heavy atom. The molecule has 1 N–H and O–H groups in total. The number of carboxylic acids is 1. The Bertz CT molecular complexity index is 1160. The fourth-order valence-electron chi connectivity index (χ4n) is 4.93. The Balaban J connectivity index is 1.99. The Morgan fingerprint density at radius 2 is 1.84 bits per heavy atom. The largest absolute Gasteiger partial charge is 0.494 e. The first-order valence-corrected chi connectivity index (χ1v) is 11.0. The maximum absolute atomic E-state index is 14.7. The van der Waals surface area contributed by atoms with Crippen LogP contribution in [0.1, 0.15) is 54.0 Å². The fourth-order valence-corrected chi connectivity index (χ4v) is 5.30. The average Bonchev–Trinajstić information content (AvgIpc) is 3.35. The molecule has 31 heavy (non-hydrogen) atoms. The molecule has 1 heterocycles. The van der Waals surface area contributed by atoms with Crippen molar-refractivity contribution >= 4 is 34.1 Å². The lowest BCUT2D eigenvalue weighted by Crippen LogP contribution is -2.21. The van der Waals surface area contributed by atoms with Crippen LogP contribution in [0, 0.1) is 25.6 Å². The number of nitrogens with zero attached hydrogens (tertiary/aromatic N) is 1. The van der Waals surface area contributed by atoms with E-state index in [0.717, 1.165) is 42.5 Å². The molecule has 4 rings (SSSR count). The quantitative estimate of drug-likeness (QED) is 0.496. The van der Waals surface area contributed by atoms with Gasteiger partial charge in [-0.1, -0.05) is 54.9 Å². The minimum absolute atomic E-state index is 0.0549. The summed E-state index contributed by atoms with van der Waals surface area (Å²) in [6.45, 7) is 3.88. The lowest BCUT2D eigenvalue weighted by Gasteiger charge is -2.20. The second kappa shape index (κ2) is 8.42. The molecule has 2 aromatic carbocycles. The average molecular weight is 440 g/mol. The number of halogens is 1. The number of aryl methyl sites for hydroxylation is 1. The summed E-state index contributed by atoms with van der Waals surface area (Å²) in [5.74, 6) is -1.86. The molecule has 1 fully saturated rings. The van der Waals surface area contributed by atoms with Crippen molar-refractivity contribution in [2.24, 2.45) is 5.92 Å². The summed E-state index contributed by atoms with van der Waals surface area (Å²) in [5, 5.41) is 10.9. The van der Waals surface area contributed by atoms with Crippen LogP contribution >= 0.6 is 12.2 Å². The highest BCUT2D eigenvalue weighted by molar-refractivity contribution is 7.80. The molecule has 162 valence electrons. The number of hydrogen-bond donors (Lipinski definition) is 1. The lowest BCUT2D eigenvalue weighted by atomic mass is 9.83. The van der Waals surface area contributed by atoms with Gasteiger partial charge in [-0.05, 0) is 44.2 Å². The van der Waals surface area contributed by atoms with Gasteiger partial charge in [-0.25, -0.2) is 4.39 Å². The molecule has 0 amide bonds. The van der Waals surface area contributed by atoms with E-state index in [1.54, 1.807) is 6.07 Å². The van der Waals surface area contributed by atoms with Crippen LogP contribution in [0.15, 0.2) is 36.4 Å². The van der Waals surface area contributed by atoms with Gasteiger partial charge in [0, 0.05) is 22.7 Å². The van der Waals surface area contributed by atoms with Crippen LogP contribution in [-0.2, 0) is 4.79 Å². The number of fused-ring (bicyclic) bond motifs is 1. The zero-order valence-corrected chi connectivity index (χ0v) is 18.8. The number of aromatic nitrogens is 1. The number of carbonyl (C=O) groups is 1. The molecule has 0 spiro atoms. The third kappa shape index (κ3) is 3.74. The molecule has 0 aliphatic heterocycles. The number of methoxy groups -OCH3 is 1. The number of ether oxygens (including phenoxy) is 1. The van der Waals surface area contributed by atoms with Gasteiger partial charge in [0.05, 0.1) is 18.5 Å². The first-order valence-electron chi connectivity index (χ1n) is 10.6. The first-order chi connectivity index (χ1) is 14.8. The van der Waals surface area contributed by atoms with Gasteiger partial charge < -0.3 is 14.4 Å². The molecule has 6 heteroatoms. The number of aliphatic carboxylic acids is 1. The number of rotatable bonds is 5. The fraction of sp³-hybridized carbons (Fsp3) is 0.360. The van der Waals surface area contributed by atoms with E-state index < -0.39 is 17.7 Å². The normalized spacial score (nSPS) is 15.4. The summed E-state index contributed by atoms with van der Waals surface area (Å²) in [6, 6.07) is 10.9. The summed E-state index contributed by atoms with van der Waals surface area (Å²) in [5.41, 5.74) is 3.97. The van der Waals surface area contributed by atoms with Gasteiger partial charge in [0.2, 0.25) is 0 Å². The molecule has 4 nitrogen and oxygen atoms in total. The molecule has 1 unspecified atom stereocenters. The Kier molecular flexibility index (Phi) is 5.84. The number of carboxylic acid groups (broad SMARTS) is 1. The van der Waals surface area contributed by atoms with Crippen molar-refractivity contribution in [3.8, 4) is 5.75 Å². The minimum atomic E-state index is -0.849. The highest BCUT2D eigenvalue weighted by Crippen LogP contribution is 2.43. The van der Waals surface area contributed by atoms with E-state index in [2.05, 4.69) is 0 Å². The van der Waals surface area contributed by atoms with E-state index in [0.29, 0.717) is 21.5 Å². The Hall–Kier alpha value is -2.73. The molecule has 0 saturated heterocycles. The zero-order valence-electron chi connectivity index (χ0n) is 17.9. The SMILES string of the molecule is COc1cc2c(C(C(=O)O)C3CCCC3)c(C)n(C(=S)c3ccc(C)cc3)c2cc1F. The Labute approximate surface area is 186 Å². The monoisotopic (exact) mass is 439 g/mol. The number of hydrogen-bond acceptors (Lipinski definition) is 3. The number of thiocarbonyl (C=S) groups is 1. The van der Waals surface area contributed by atoms with Gasteiger partial charge in [0.25, 0.3) is 0 Å². The summed E-state index contributed by atoms with van der Waals surface area (Å²) >= 11 is 5.81. The van der Waals surface area contributed by atoms with Crippen LogP contribution < -0.4 is 4.74 Å². The molecular formula is C25H26FNO3S. The van der Waals surface area contributed by atoms with Crippen LogP contribution in [0.2, 0.25) is 0 Å². The zero-order chi connectivity index (χ0) is 22.3. The third-order valence-corrected chi connectivity index (χ3v) is 6.89. The van der Waals surface area contributed by atoms with E-state index in [-0.39, 0.29) is 11.7 Å². The second-order valence-corrected chi connectivity index (χ2v) is 8.76. The molecule has 1 saturated carbocycles. The smallest absolute Gasteiger partial charge is 0.311 e. The molecule has 1 aliphatic rings. The van der Waals surface area contributed by atoms with Crippen LogP contribution in [0.5, 0.6) is 5.75 Å². The summed E-state index contributed by atoms with van der Waals surface area (Å²) in [4.78, 5) is 13.0. The second-order valence-electron chi connectivity index (χ2n) is 8.37. The van der Waals surface area contributed by atoms with Crippen molar-refractivity contribution < 1.29 is 19.0 Å². The predicted molar refractivity (Wildman–Crippen MR) is 124 cm³/mol. The first kappa shape index (κ1) is 21.5. The molecule has 1 aliphatic carbocycles. The summed E-state index contributed by atoms with van der Waals surface area (Å²) in [6.07, 6.45) is 3.82. The highest BCUT2D eigenvalue weighted by Gasteiger charge is 2.36. The topological polar surface area (TPSA) is 51.5 Å². The van der Waals surface area contributed by atoms with E-state index in [1.807, 2.05) is 42.7 Å². The van der Waals surface area contributed by atoms with Gasteiger partial charge >= 0.3 is 5.97 Å². The van der Waals surface area contributed by atoms with Gasteiger partial charge in [-0.15, -0.1) is 0 Å². The van der Waals surface area contributed by atoms with Crippen molar-refractivity contribution in [3.05, 3.63) is 64.6 Å². The summed E-state index contributed by atoms with van der Waals surface area (Å²) < 4.78 is 21.8. The lowest BCUT2D eigenvalue weighted by molar-refractivity contribution is -0.140. The Morgan fingerprint density at radius 3 is 2.42 bits per heavy atom. The van der Waals surface area contributed by atoms with E-state index in [4.69, 9.17) is 17.0 Å². The van der Waals surface area contributed by atoms with E-state index >= 15 is 0 Å². The third-order valence-electron chi connectivity index (χ3n) is 6.48. The molecule has 0 bridgehead atoms. The van der Waals surface area contributed by atoms with Crippen molar-refractivity contribution in [1.82, 2.24) is 4.57 Å². The van der Waals surface area contributed by atoms with Crippen LogP contribution in [0.4, 0.5) is 4.39 Å². The van der Waals surface area contributed by atoms with Crippen LogP contribution in [0.3, 0.4) is 0 Å². The molecule has 1 aromatic heterocycles. The van der Waals surface area contributed by atoms with Gasteiger partial charge in [-0.2, -0.15) is 0 Å². The molecule has 1 atom stereocenters. The molecular weight excluding hydrogens is 413 g/mol. The van der Waals surface area contributed by atoms with Gasteiger partial charge in [-0.3, -0.25) is 4.79 Å². The minimum Gasteiger partial charge on any atom is -0.494 e. The predicted octanol–water partition coefficient (Wildman–Crippen LogP) is 5.99. The molecule has 3 aromatic rings. The molecule has 0 radical (unpaired) electrons. The van der Waals surface area contributed by atoms with Crippen molar-refractivity contribution in [3.63, 3.8) is 0 Å².